The van der Waals surface area contributed by atoms with Crippen LogP contribution in [0.15, 0.2) is 18.3 Å². The molecule has 0 aliphatic carbocycles. The zero-order valence-corrected chi connectivity index (χ0v) is 7.77. The molecule has 0 unspecified atom stereocenters. The van der Waals surface area contributed by atoms with E-state index < -0.39 is 4.92 Å². The summed E-state index contributed by atoms with van der Waals surface area (Å²) in [5.41, 5.74) is 0.821. The van der Waals surface area contributed by atoms with Gasteiger partial charge in [-0.3, -0.25) is 15.1 Å². The molecule has 1 saturated heterocycles. The van der Waals surface area contributed by atoms with Gasteiger partial charge < -0.3 is 4.74 Å². The zero-order chi connectivity index (χ0) is 10.2. The minimum atomic E-state index is -0.448. The average Bonchev–Trinajstić information content (AvgIpc) is 2.14. The third-order valence-corrected chi connectivity index (χ3v) is 2.42. The Kier molecular flexibility index (Phi) is 1.96. The number of hydrogen-bond acceptors (Lipinski definition) is 4. The van der Waals surface area contributed by atoms with Gasteiger partial charge in [0.2, 0.25) is 0 Å². The fourth-order valence-electron chi connectivity index (χ4n) is 1.41. The van der Waals surface area contributed by atoms with Gasteiger partial charge in [0, 0.05) is 6.07 Å². The molecule has 0 amide bonds. The minimum absolute atomic E-state index is 0.0255. The lowest BCUT2D eigenvalue weighted by Crippen LogP contribution is -2.44. The molecule has 1 aromatic rings. The summed E-state index contributed by atoms with van der Waals surface area (Å²) in [7, 11) is 0. The molecular weight excluding hydrogens is 184 g/mol. The Bertz CT molecular complexity index is 357. The van der Waals surface area contributed by atoms with Gasteiger partial charge in [0.25, 0.3) is 5.69 Å². The van der Waals surface area contributed by atoms with Crippen molar-refractivity contribution in [3.05, 3.63) is 34.1 Å². The van der Waals surface area contributed by atoms with Crippen molar-refractivity contribution in [2.75, 3.05) is 13.2 Å². The summed E-state index contributed by atoms with van der Waals surface area (Å²) in [6, 6.07) is 3.17. The number of aromatic nitrogens is 1. The van der Waals surface area contributed by atoms with Crippen LogP contribution < -0.4 is 0 Å². The number of ether oxygens (including phenoxy) is 1. The first-order valence-corrected chi connectivity index (χ1v) is 4.30. The third-order valence-electron chi connectivity index (χ3n) is 2.42. The van der Waals surface area contributed by atoms with E-state index in [1.807, 2.05) is 6.92 Å². The average molecular weight is 194 g/mol. The molecule has 2 rings (SSSR count). The Labute approximate surface area is 80.9 Å². The highest BCUT2D eigenvalue weighted by molar-refractivity contribution is 5.30. The normalized spacial score (nSPS) is 18.6. The van der Waals surface area contributed by atoms with Crippen LogP contribution in [0.1, 0.15) is 12.6 Å². The number of hydrogen-bond donors (Lipinski definition) is 0. The highest BCUT2D eigenvalue weighted by atomic mass is 16.6. The van der Waals surface area contributed by atoms with Crippen LogP contribution in [0.4, 0.5) is 5.69 Å². The van der Waals surface area contributed by atoms with E-state index in [4.69, 9.17) is 4.74 Å². The maximum Gasteiger partial charge on any atom is 0.287 e. The second-order valence-corrected chi connectivity index (χ2v) is 3.71. The van der Waals surface area contributed by atoms with E-state index >= 15 is 0 Å². The highest BCUT2D eigenvalue weighted by Gasteiger charge is 2.36. The monoisotopic (exact) mass is 194 g/mol. The molecule has 1 aliphatic rings. The summed E-state index contributed by atoms with van der Waals surface area (Å²) in [5, 5.41) is 10.4. The lowest BCUT2D eigenvalue weighted by molar-refractivity contribution is -0.385. The maximum atomic E-state index is 10.4. The molecule has 0 atom stereocenters. The fraction of sp³-hybridized carbons (Fsp3) is 0.444. The van der Waals surface area contributed by atoms with Crippen molar-refractivity contribution in [3.8, 4) is 0 Å². The van der Waals surface area contributed by atoms with Crippen molar-refractivity contribution >= 4 is 5.69 Å². The number of nitro groups is 1. The quantitative estimate of drug-likeness (QED) is 0.525. The van der Waals surface area contributed by atoms with Gasteiger partial charge in [0.15, 0.2) is 0 Å². The SMILES string of the molecule is CC1(c2ccc([N+](=O)[O-])cn2)COC1. The molecule has 2 heterocycles. The van der Waals surface area contributed by atoms with Crippen LogP contribution in [0.5, 0.6) is 0 Å². The highest BCUT2D eigenvalue weighted by Crippen LogP contribution is 2.30. The smallest absolute Gasteiger partial charge is 0.287 e. The summed E-state index contributed by atoms with van der Waals surface area (Å²) < 4.78 is 5.10. The second kappa shape index (κ2) is 3.02. The van der Waals surface area contributed by atoms with Crippen LogP contribution in [0.2, 0.25) is 0 Å². The molecule has 1 fully saturated rings. The molecular formula is C9H10N2O3. The first-order chi connectivity index (χ1) is 6.62. The maximum absolute atomic E-state index is 10.4. The minimum Gasteiger partial charge on any atom is -0.379 e. The van der Waals surface area contributed by atoms with Crippen molar-refractivity contribution in [1.82, 2.24) is 4.98 Å². The molecule has 14 heavy (non-hydrogen) atoms. The molecule has 5 heteroatoms. The predicted molar refractivity (Wildman–Crippen MR) is 49.1 cm³/mol. The van der Waals surface area contributed by atoms with Gasteiger partial charge in [-0.25, -0.2) is 0 Å². The lowest BCUT2D eigenvalue weighted by Gasteiger charge is -2.37. The molecule has 1 aliphatic heterocycles. The van der Waals surface area contributed by atoms with Crippen LogP contribution in [0, 0.1) is 10.1 Å². The fourth-order valence-corrected chi connectivity index (χ4v) is 1.41. The standard InChI is InChI=1S/C9H10N2O3/c1-9(5-14-6-9)8-3-2-7(4-10-8)11(12)13/h2-4H,5-6H2,1H3. The molecule has 5 nitrogen and oxygen atoms in total. The van der Waals surface area contributed by atoms with Crippen LogP contribution in [-0.2, 0) is 10.2 Å². The van der Waals surface area contributed by atoms with E-state index in [0.29, 0.717) is 13.2 Å². The van der Waals surface area contributed by atoms with E-state index in [1.54, 1.807) is 6.07 Å². The largest absolute Gasteiger partial charge is 0.379 e. The van der Waals surface area contributed by atoms with Gasteiger partial charge in [-0.15, -0.1) is 0 Å². The van der Waals surface area contributed by atoms with Crippen LogP contribution in [-0.4, -0.2) is 23.1 Å². The number of rotatable bonds is 2. The zero-order valence-electron chi connectivity index (χ0n) is 7.77. The summed E-state index contributed by atoms with van der Waals surface area (Å²) >= 11 is 0. The Morgan fingerprint density at radius 1 is 1.57 bits per heavy atom. The first-order valence-electron chi connectivity index (χ1n) is 4.30. The van der Waals surface area contributed by atoms with Crippen molar-refractivity contribution in [2.45, 2.75) is 12.3 Å². The molecule has 74 valence electrons. The van der Waals surface area contributed by atoms with E-state index in [9.17, 15) is 10.1 Å². The van der Waals surface area contributed by atoms with Crippen LogP contribution in [0.25, 0.3) is 0 Å². The first kappa shape index (κ1) is 9.08. The van der Waals surface area contributed by atoms with E-state index in [0.717, 1.165) is 5.69 Å². The molecule has 1 aromatic heterocycles. The summed E-state index contributed by atoms with van der Waals surface area (Å²) in [6.07, 6.45) is 1.29. The number of nitrogens with zero attached hydrogens (tertiary/aromatic N) is 2. The Hall–Kier alpha value is -1.49. The molecule has 0 aromatic carbocycles. The summed E-state index contributed by atoms with van der Waals surface area (Å²) in [5.74, 6) is 0. The molecule has 0 radical (unpaired) electrons. The van der Waals surface area contributed by atoms with E-state index in [1.165, 1.54) is 12.3 Å². The van der Waals surface area contributed by atoms with Crippen LogP contribution in [0.3, 0.4) is 0 Å². The Morgan fingerprint density at radius 2 is 2.29 bits per heavy atom. The van der Waals surface area contributed by atoms with Crippen molar-refractivity contribution < 1.29 is 9.66 Å². The van der Waals surface area contributed by atoms with Gasteiger partial charge >= 0.3 is 0 Å². The Morgan fingerprint density at radius 3 is 2.64 bits per heavy atom. The van der Waals surface area contributed by atoms with Gasteiger partial charge in [0.1, 0.15) is 6.20 Å². The molecule has 0 N–H and O–H groups in total. The van der Waals surface area contributed by atoms with E-state index in [-0.39, 0.29) is 11.1 Å². The van der Waals surface area contributed by atoms with Crippen molar-refractivity contribution in [2.24, 2.45) is 0 Å². The van der Waals surface area contributed by atoms with Gasteiger partial charge in [-0.2, -0.15) is 0 Å². The van der Waals surface area contributed by atoms with Gasteiger partial charge in [-0.05, 0) is 13.0 Å². The van der Waals surface area contributed by atoms with Crippen molar-refractivity contribution in [1.29, 1.82) is 0 Å². The summed E-state index contributed by atoms with van der Waals surface area (Å²) in [6.45, 7) is 3.31. The van der Waals surface area contributed by atoms with Crippen LogP contribution >= 0.6 is 0 Å². The Balaban J connectivity index is 2.25. The lowest BCUT2D eigenvalue weighted by atomic mass is 9.84. The third kappa shape index (κ3) is 1.35. The summed E-state index contributed by atoms with van der Waals surface area (Å²) in [4.78, 5) is 14.0. The molecule has 0 bridgehead atoms. The van der Waals surface area contributed by atoms with Crippen molar-refractivity contribution in [3.63, 3.8) is 0 Å². The second-order valence-electron chi connectivity index (χ2n) is 3.71. The number of pyridine rings is 1. The van der Waals surface area contributed by atoms with E-state index in [2.05, 4.69) is 4.98 Å². The van der Waals surface area contributed by atoms with Gasteiger partial charge in [0.05, 0.1) is 29.2 Å². The predicted octanol–water partition coefficient (Wildman–Crippen LogP) is 1.28. The topological polar surface area (TPSA) is 65.3 Å². The molecule has 0 saturated carbocycles. The van der Waals surface area contributed by atoms with Gasteiger partial charge in [-0.1, -0.05) is 0 Å². The molecule has 0 spiro atoms.